The summed E-state index contributed by atoms with van der Waals surface area (Å²) >= 11 is 0. The largest absolute Gasteiger partial charge is 0.502 e. The Balaban J connectivity index is 1.95. The highest BCUT2D eigenvalue weighted by atomic mass is 16.5. The maximum Gasteiger partial charge on any atom is 0.257 e. The standard InChI is InChI=1S/C21H19N3O4/c1-27-17-10-13(11-18(28-2)20(17)25)9-15(12-22)21(26)24-16-7-3-5-14-6-4-8-23-19(14)16/h3-12,22,25H,1-2H3,(H,24,26)/b15-9+,22-12?. The number of phenols is 1. The lowest BCUT2D eigenvalue weighted by molar-refractivity contribution is -0.112. The van der Waals surface area contributed by atoms with Crippen molar-refractivity contribution in [3.63, 3.8) is 0 Å². The Morgan fingerprint density at radius 1 is 1.14 bits per heavy atom. The molecule has 0 radical (unpaired) electrons. The van der Waals surface area contributed by atoms with Crippen LogP contribution in [0.2, 0.25) is 0 Å². The van der Waals surface area contributed by atoms with Gasteiger partial charge in [-0.2, -0.15) is 0 Å². The van der Waals surface area contributed by atoms with Crippen molar-refractivity contribution in [2.75, 3.05) is 19.5 Å². The number of benzene rings is 2. The number of rotatable bonds is 6. The van der Waals surface area contributed by atoms with Gasteiger partial charge in [0.05, 0.1) is 31.0 Å². The number of aromatic hydroxyl groups is 1. The van der Waals surface area contributed by atoms with Gasteiger partial charge in [0.25, 0.3) is 5.91 Å². The van der Waals surface area contributed by atoms with Gasteiger partial charge in [-0.05, 0) is 35.9 Å². The molecule has 0 spiro atoms. The second kappa shape index (κ2) is 8.22. The summed E-state index contributed by atoms with van der Waals surface area (Å²) < 4.78 is 10.2. The number of ether oxygens (including phenoxy) is 2. The number of carbonyl (C=O) groups excluding carboxylic acids is 1. The van der Waals surface area contributed by atoms with E-state index in [2.05, 4.69) is 10.3 Å². The molecule has 0 fully saturated rings. The van der Waals surface area contributed by atoms with Gasteiger partial charge in [-0.25, -0.2) is 0 Å². The summed E-state index contributed by atoms with van der Waals surface area (Å²) in [5, 5.41) is 21.3. The number of amides is 1. The Bertz CT molecular complexity index is 1050. The third kappa shape index (κ3) is 3.78. The lowest BCUT2D eigenvalue weighted by Crippen LogP contribution is -2.15. The molecule has 0 aliphatic rings. The van der Waals surface area contributed by atoms with Gasteiger partial charge < -0.3 is 25.3 Å². The predicted octanol–water partition coefficient (Wildman–Crippen LogP) is 3.63. The molecule has 1 amide bonds. The maximum absolute atomic E-state index is 12.7. The van der Waals surface area contributed by atoms with E-state index in [1.807, 2.05) is 24.3 Å². The number of nitrogens with one attached hydrogen (secondary N) is 2. The van der Waals surface area contributed by atoms with Gasteiger partial charge in [0.1, 0.15) is 0 Å². The van der Waals surface area contributed by atoms with Crippen LogP contribution in [0.15, 0.2) is 54.2 Å². The summed E-state index contributed by atoms with van der Waals surface area (Å²) in [6, 6.07) is 12.3. The first kappa shape index (κ1) is 18.9. The highest BCUT2D eigenvalue weighted by Crippen LogP contribution is 2.37. The fraction of sp³-hybridized carbons (Fsp3) is 0.0952. The van der Waals surface area contributed by atoms with E-state index in [0.717, 1.165) is 11.6 Å². The zero-order valence-corrected chi connectivity index (χ0v) is 15.4. The first-order valence-corrected chi connectivity index (χ1v) is 8.39. The number of aromatic nitrogens is 1. The van der Waals surface area contributed by atoms with Crippen molar-refractivity contribution in [3.8, 4) is 17.2 Å². The van der Waals surface area contributed by atoms with Crippen LogP contribution in [0.3, 0.4) is 0 Å². The first-order chi connectivity index (χ1) is 13.6. The van der Waals surface area contributed by atoms with Crippen LogP contribution in [0.4, 0.5) is 5.69 Å². The molecule has 0 unspecified atom stereocenters. The number of pyridine rings is 1. The summed E-state index contributed by atoms with van der Waals surface area (Å²) in [7, 11) is 2.83. The van der Waals surface area contributed by atoms with Crippen LogP contribution in [0.5, 0.6) is 17.2 Å². The van der Waals surface area contributed by atoms with Crippen molar-refractivity contribution < 1.29 is 19.4 Å². The minimum absolute atomic E-state index is 0.114. The van der Waals surface area contributed by atoms with Crippen LogP contribution in [0, 0.1) is 5.41 Å². The van der Waals surface area contributed by atoms with E-state index in [1.54, 1.807) is 24.4 Å². The Hall–Kier alpha value is -3.87. The molecule has 7 heteroatoms. The van der Waals surface area contributed by atoms with E-state index in [0.29, 0.717) is 16.8 Å². The molecule has 1 heterocycles. The number of hydrogen-bond donors (Lipinski definition) is 3. The highest BCUT2D eigenvalue weighted by molar-refractivity contribution is 6.21. The van der Waals surface area contributed by atoms with Crippen LogP contribution in [0.25, 0.3) is 17.0 Å². The fourth-order valence-corrected chi connectivity index (χ4v) is 2.75. The number of fused-ring (bicyclic) bond motifs is 1. The van der Waals surface area contributed by atoms with Crippen molar-refractivity contribution in [2.24, 2.45) is 0 Å². The topological polar surface area (TPSA) is 105 Å². The smallest absolute Gasteiger partial charge is 0.257 e. The Morgan fingerprint density at radius 3 is 2.46 bits per heavy atom. The van der Waals surface area contributed by atoms with Gasteiger partial charge in [-0.3, -0.25) is 9.78 Å². The molecular weight excluding hydrogens is 358 g/mol. The average Bonchev–Trinajstić information content (AvgIpc) is 2.73. The molecular formula is C21H19N3O4. The van der Waals surface area contributed by atoms with E-state index >= 15 is 0 Å². The minimum atomic E-state index is -0.459. The maximum atomic E-state index is 12.7. The molecule has 28 heavy (non-hydrogen) atoms. The van der Waals surface area contributed by atoms with Gasteiger partial charge in [-0.15, -0.1) is 0 Å². The molecule has 2 aromatic carbocycles. The van der Waals surface area contributed by atoms with E-state index in [1.165, 1.54) is 20.3 Å². The molecule has 3 rings (SSSR count). The number of carbonyl (C=O) groups is 1. The third-order valence-corrected chi connectivity index (χ3v) is 4.12. The van der Waals surface area contributed by atoms with E-state index in [9.17, 15) is 9.90 Å². The number of hydrogen-bond acceptors (Lipinski definition) is 6. The van der Waals surface area contributed by atoms with Crippen molar-refractivity contribution >= 4 is 34.8 Å². The molecule has 0 saturated carbocycles. The molecule has 1 aromatic heterocycles. The van der Waals surface area contributed by atoms with E-state index < -0.39 is 5.91 Å². The quantitative estimate of drug-likeness (QED) is 0.449. The zero-order valence-electron chi connectivity index (χ0n) is 15.4. The van der Waals surface area contributed by atoms with E-state index in [-0.39, 0.29) is 22.8 Å². The van der Waals surface area contributed by atoms with Crippen LogP contribution in [-0.4, -0.2) is 36.4 Å². The second-order valence-corrected chi connectivity index (χ2v) is 5.85. The van der Waals surface area contributed by atoms with Gasteiger partial charge >= 0.3 is 0 Å². The minimum Gasteiger partial charge on any atom is -0.502 e. The second-order valence-electron chi connectivity index (χ2n) is 5.85. The summed E-state index contributed by atoms with van der Waals surface area (Å²) in [5.74, 6) is -0.189. The van der Waals surface area contributed by atoms with Gasteiger partial charge in [0, 0.05) is 17.8 Å². The van der Waals surface area contributed by atoms with Gasteiger partial charge in [-0.1, -0.05) is 18.2 Å². The lowest BCUT2D eigenvalue weighted by Gasteiger charge is -2.11. The summed E-state index contributed by atoms with van der Waals surface area (Å²) in [6.07, 6.45) is 4.12. The SMILES string of the molecule is COc1cc(/C=C(\C=N)C(=O)Nc2cccc3cccnc23)cc(OC)c1O. The molecule has 142 valence electrons. The van der Waals surface area contributed by atoms with Crippen LogP contribution in [-0.2, 0) is 4.79 Å². The Kier molecular flexibility index (Phi) is 5.55. The number of phenolic OH excluding ortho intramolecular Hbond substituents is 1. The number of anilines is 1. The summed E-state index contributed by atoms with van der Waals surface area (Å²) in [5.41, 5.74) is 1.87. The molecule has 7 nitrogen and oxygen atoms in total. The normalized spacial score (nSPS) is 11.1. The van der Waals surface area contributed by atoms with Crippen molar-refractivity contribution in [1.82, 2.24) is 4.98 Å². The average molecular weight is 377 g/mol. The number of nitrogens with zero attached hydrogens (tertiary/aromatic N) is 1. The molecule has 0 aliphatic carbocycles. The van der Waals surface area contributed by atoms with Crippen LogP contribution >= 0.6 is 0 Å². The lowest BCUT2D eigenvalue weighted by atomic mass is 10.1. The van der Waals surface area contributed by atoms with Crippen molar-refractivity contribution in [3.05, 3.63) is 59.8 Å². The van der Waals surface area contributed by atoms with Crippen molar-refractivity contribution in [2.45, 2.75) is 0 Å². The van der Waals surface area contributed by atoms with Crippen molar-refractivity contribution in [1.29, 1.82) is 5.41 Å². The molecule has 0 aliphatic heterocycles. The van der Waals surface area contributed by atoms with Crippen LogP contribution in [0.1, 0.15) is 5.56 Å². The number of para-hydroxylation sites is 1. The molecule has 0 atom stereocenters. The number of methoxy groups -OCH3 is 2. The summed E-state index contributed by atoms with van der Waals surface area (Å²) in [6.45, 7) is 0. The highest BCUT2D eigenvalue weighted by Gasteiger charge is 2.14. The van der Waals surface area contributed by atoms with Gasteiger partial charge in [0.2, 0.25) is 5.75 Å². The molecule has 0 saturated heterocycles. The molecule has 3 aromatic rings. The zero-order chi connectivity index (χ0) is 20.1. The van der Waals surface area contributed by atoms with E-state index in [4.69, 9.17) is 14.9 Å². The first-order valence-electron chi connectivity index (χ1n) is 8.39. The summed E-state index contributed by atoms with van der Waals surface area (Å²) in [4.78, 5) is 17.0. The predicted molar refractivity (Wildman–Crippen MR) is 108 cm³/mol. The van der Waals surface area contributed by atoms with Gasteiger partial charge in [0.15, 0.2) is 11.5 Å². The molecule has 0 bridgehead atoms. The Labute approximate surface area is 161 Å². The molecule has 3 N–H and O–H groups in total. The monoisotopic (exact) mass is 377 g/mol. The fourth-order valence-electron chi connectivity index (χ4n) is 2.75. The third-order valence-electron chi connectivity index (χ3n) is 4.12. The van der Waals surface area contributed by atoms with Crippen LogP contribution < -0.4 is 14.8 Å². The Morgan fingerprint density at radius 2 is 1.82 bits per heavy atom.